The summed E-state index contributed by atoms with van der Waals surface area (Å²) in [4.78, 5) is 15.7. The molecule has 1 aliphatic heterocycles. The third kappa shape index (κ3) is 5.07. The first kappa shape index (κ1) is 21.1. The molecule has 1 aliphatic rings. The number of alkyl halides is 2. The fourth-order valence-electron chi connectivity index (χ4n) is 3.12. The Morgan fingerprint density at radius 1 is 1.00 bits per heavy atom. The van der Waals surface area contributed by atoms with Crippen molar-refractivity contribution in [2.45, 2.75) is 10.7 Å². The second kappa shape index (κ2) is 8.83. The number of carbonyl (C=O) groups excluding carboxylic acids is 1. The van der Waals surface area contributed by atoms with E-state index in [1.165, 1.54) is 30.3 Å². The molecule has 29 heavy (non-hydrogen) atoms. The van der Waals surface area contributed by atoms with Crippen LogP contribution >= 0.6 is 0 Å². The van der Waals surface area contributed by atoms with Crippen LogP contribution in [0.2, 0.25) is 0 Å². The number of anilines is 2. The third-order valence-corrected chi connectivity index (χ3v) is 6.07. The van der Waals surface area contributed by atoms with Crippen LogP contribution in [0.3, 0.4) is 0 Å². The molecule has 156 valence electrons. The molecule has 2 aromatic carbocycles. The lowest BCUT2D eigenvalue weighted by Gasteiger charge is -2.35. The van der Waals surface area contributed by atoms with Crippen molar-refractivity contribution in [1.29, 1.82) is 0 Å². The van der Waals surface area contributed by atoms with Crippen molar-refractivity contribution in [2.24, 2.45) is 0 Å². The van der Waals surface area contributed by atoms with Gasteiger partial charge in [0.15, 0.2) is 0 Å². The lowest BCUT2D eigenvalue weighted by atomic mass is 10.2. The number of rotatable bonds is 6. The quantitative estimate of drug-likeness (QED) is 0.768. The molecular weight excluding hydrogens is 407 g/mol. The van der Waals surface area contributed by atoms with Gasteiger partial charge in [-0.05, 0) is 36.4 Å². The highest BCUT2D eigenvalue weighted by Gasteiger charge is 2.29. The number of amides is 1. The minimum Gasteiger partial charge on any atom is -0.369 e. The zero-order valence-electron chi connectivity index (χ0n) is 15.4. The normalized spacial score (nSPS) is 15.5. The Hall–Kier alpha value is -2.59. The van der Waals surface area contributed by atoms with Crippen LogP contribution in [0.1, 0.15) is 0 Å². The molecule has 0 bridgehead atoms. The Kier molecular flexibility index (Phi) is 6.43. The van der Waals surface area contributed by atoms with E-state index in [4.69, 9.17) is 0 Å². The molecule has 1 saturated heterocycles. The predicted molar refractivity (Wildman–Crippen MR) is 103 cm³/mol. The van der Waals surface area contributed by atoms with Crippen LogP contribution in [0.15, 0.2) is 53.4 Å². The Morgan fingerprint density at radius 3 is 2.24 bits per heavy atom. The summed E-state index contributed by atoms with van der Waals surface area (Å²) in [5.74, 6) is -4.37. The first-order chi connectivity index (χ1) is 13.8. The maximum Gasteiger partial charge on any atom is 0.341 e. The Bertz CT molecular complexity index is 960. The standard InChI is InChI=1S/C19H20F3N3O3S/c20-14-5-7-15(8-6-14)25-11-9-24(10-12-25)13-18(26)23-16-3-1-2-4-17(16)29(27,28)19(21)22/h1-8,19H,9-13H2,(H,23,26). The van der Waals surface area contributed by atoms with E-state index in [-0.39, 0.29) is 18.0 Å². The number of carbonyl (C=O) groups is 1. The number of sulfone groups is 1. The van der Waals surface area contributed by atoms with Gasteiger partial charge in [-0.3, -0.25) is 9.69 Å². The van der Waals surface area contributed by atoms with Gasteiger partial charge in [0.25, 0.3) is 0 Å². The van der Waals surface area contributed by atoms with Gasteiger partial charge in [-0.1, -0.05) is 12.1 Å². The second-order valence-electron chi connectivity index (χ2n) is 6.59. The summed E-state index contributed by atoms with van der Waals surface area (Å²) in [5.41, 5.74) is 0.726. The van der Waals surface area contributed by atoms with Crippen molar-refractivity contribution >= 4 is 27.1 Å². The van der Waals surface area contributed by atoms with Crippen molar-refractivity contribution in [3.63, 3.8) is 0 Å². The van der Waals surface area contributed by atoms with Crippen LogP contribution < -0.4 is 10.2 Å². The number of benzene rings is 2. The van der Waals surface area contributed by atoms with E-state index in [0.29, 0.717) is 26.2 Å². The molecule has 0 unspecified atom stereocenters. The fourth-order valence-corrected chi connectivity index (χ4v) is 4.01. The van der Waals surface area contributed by atoms with Gasteiger partial charge >= 0.3 is 5.76 Å². The van der Waals surface area contributed by atoms with Crippen molar-refractivity contribution < 1.29 is 26.4 Å². The molecule has 1 amide bonds. The highest BCUT2D eigenvalue weighted by Crippen LogP contribution is 2.26. The summed E-state index contributed by atoms with van der Waals surface area (Å²) < 4.78 is 62.3. The molecule has 0 spiro atoms. The summed E-state index contributed by atoms with van der Waals surface area (Å²) in [6, 6.07) is 11.3. The Labute approximate surface area is 166 Å². The van der Waals surface area contributed by atoms with Crippen LogP contribution in [0, 0.1) is 5.82 Å². The highest BCUT2D eigenvalue weighted by molar-refractivity contribution is 7.91. The van der Waals surface area contributed by atoms with Crippen molar-refractivity contribution in [3.8, 4) is 0 Å². The van der Waals surface area contributed by atoms with Gasteiger partial charge < -0.3 is 10.2 Å². The molecule has 2 aromatic rings. The summed E-state index contributed by atoms with van der Waals surface area (Å²) in [7, 11) is -4.82. The molecule has 1 heterocycles. The van der Waals surface area contributed by atoms with E-state index < -0.39 is 26.4 Å². The monoisotopic (exact) mass is 427 g/mol. The molecule has 0 aliphatic carbocycles. The summed E-state index contributed by atoms with van der Waals surface area (Å²) in [5, 5.41) is 2.42. The van der Waals surface area contributed by atoms with Crippen molar-refractivity contribution in [3.05, 3.63) is 54.3 Å². The first-order valence-corrected chi connectivity index (χ1v) is 10.5. The second-order valence-corrected chi connectivity index (χ2v) is 8.48. The lowest BCUT2D eigenvalue weighted by molar-refractivity contribution is -0.117. The molecule has 10 heteroatoms. The molecule has 6 nitrogen and oxygen atoms in total. The molecule has 0 aromatic heterocycles. The molecule has 0 saturated carbocycles. The number of hydrogen-bond acceptors (Lipinski definition) is 5. The Morgan fingerprint density at radius 2 is 1.62 bits per heavy atom. The van der Waals surface area contributed by atoms with Crippen LogP contribution in [0.25, 0.3) is 0 Å². The van der Waals surface area contributed by atoms with Gasteiger partial charge in [0.2, 0.25) is 15.7 Å². The lowest BCUT2D eigenvalue weighted by Crippen LogP contribution is -2.48. The maximum atomic E-state index is 13.0. The number of nitrogens with zero attached hydrogens (tertiary/aromatic N) is 2. The zero-order valence-corrected chi connectivity index (χ0v) is 16.2. The van der Waals surface area contributed by atoms with Crippen molar-refractivity contribution in [1.82, 2.24) is 4.90 Å². The van der Waals surface area contributed by atoms with Crippen LogP contribution in [-0.4, -0.2) is 57.7 Å². The van der Waals surface area contributed by atoms with E-state index in [1.807, 2.05) is 4.90 Å². The zero-order chi connectivity index (χ0) is 21.0. The van der Waals surface area contributed by atoms with Gasteiger partial charge in [-0.25, -0.2) is 12.8 Å². The number of hydrogen-bond donors (Lipinski definition) is 1. The van der Waals surface area contributed by atoms with Gasteiger partial charge in [-0.15, -0.1) is 0 Å². The molecule has 0 radical (unpaired) electrons. The van der Waals surface area contributed by atoms with E-state index >= 15 is 0 Å². The van der Waals surface area contributed by atoms with Gasteiger partial charge in [-0.2, -0.15) is 8.78 Å². The first-order valence-electron chi connectivity index (χ1n) is 8.91. The molecule has 1 fully saturated rings. The third-order valence-electron chi connectivity index (χ3n) is 4.63. The van der Waals surface area contributed by atoms with Gasteiger partial charge in [0.05, 0.1) is 17.1 Å². The van der Waals surface area contributed by atoms with Gasteiger partial charge in [0.1, 0.15) is 5.82 Å². The van der Waals surface area contributed by atoms with E-state index in [2.05, 4.69) is 10.2 Å². The minimum atomic E-state index is -4.82. The largest absolute Gasteiger partial charge is 0.369 e. The van der Waals surface area contributed by atoms with Crippen LogP contribution in [0.4, 0.5) is 24.5 Å². The topological polar surface area (TPSA) is 69.7 Å². The van der Waals surface area contributed by atoms with Crippen LogP contribution in [0.5, 0.6) is 0 Å². The molecule has 1 N–H and O–H groups in total. The predicted octanol–water partition coefficient (Wildman–Crippen LogP) is 2.58. The number of nitrogens with one attached hydrogen (secondary N) is 1. The molecule has 3 rings (SSSR count). The van der Waals surface area contributed by atoms with Gasteiger partial charge in [0, 0.05) is 31.9 Å². The average molecular weight is 427 g/mol. The highest BCUT2D eigenvalue weighted by atomic mass is 32.2. The minimum absolute atomic E-state index is 0.000316. The summed E-state index contributed by atoms with van der Waals surface area (Å²) in [6.07, 6.45) is 0. The van der Waals surface area contributed by atoms with E-state index in [0.717, 1.165) is 11.8 Å². The van der Waals surface area contributed by atoms with E-state index in [9.17, 15) is 26.4 Å². The van der Waals surface area contributed by atoms with Crippen LogP contribution in [-0.2, 0) is 14.6 Å². The average Bonchev–Trinajstić information content (AvgIpc) is 2.69. The molecule has 0 atom stereocenters. The number of para-hydroxylation sites is 1. The Balaban J connectivity index is 1.58. The maximum absolute atomic E-state index is 13.0. The summed E-state index contributed by atoms with van der Waals surface area (Å²) in [6.45, 7) is 2.41. The number of halogens is 3. The van der Waals surface area contributed by atoms with Crippen molar-refractivity contribution in [2.75, 3.05) is 42.9 Å². The smallest absolute Gasteiger partial charge is 0.341 e. The SMILES string of the molecule is O=C(CN1CCN(c2ccc(F)cc2)CC1)Nc1ccccc1S(=O)(=O)C(F)F. The summed E-state index contributed by atoms with van der Waals surface area (Å²) >= 11 is 0. The number of piperazine rings is 1. The van der Waals surface area contributed by atoms with E-state index in [1.54, 1.807) is 12.1 Å². The fraction of sp³-hybridized carbons (Fsp3) is 0.316. The molecular formula is C19H20F3N3O3S.